The molecule has 0 spiro atoms. The van der Waals surface area contributed by atoms with Crippen molar-refractivity contribution >= 4 is 0 Å². The third kappa shape index (κ3) is 87.8. The lowest BCUT2D eigenvalue weighted by Gasteiger charge is -1.80. The zero-order valence-electron chi connectivity index (χ0n) is 5.33. The zero-order valence-corrected chi connectivity index (χ0v) is 5.33. The van der Waals surface area contributed by atoms with E-state index in [1.165, 1.54) is 12.8 Å². The molecule has 0 unspecified atom stereocenters. The Labute approximate surface area is 52.1 Å². The van der Waals surface area contributed by atoms with Gasteiger partial charge in [0.15, 0.2) is 0 Å². The smallest absolute Gasteiger partial charge is 0.00774 e. The first-order valence-corrected chi connectivity index (χ1v) is 2.12. The van der Waals surface area contributed by atoms with Crippen LogP contribution in [-0.4, -0.2) is 6.54 Å². The predicted octanol–water partition coefficient (Wildman–Crippen LogP) is 1.36. The van der Waals surface area contributed by atoms with Crippen molar-refractivity contribution in [2.24, 2.45) is 5.73 Å². The highest BCUT2D eigenvalue weighted by molar-refractivity contribution is 4.29. The average Bonchev–Trinajstić information content (AvgIpc) is 1.41. The van der Waals surface area contributed by atoms with Crippen LogP contribution in [0.15, 0.2) is 0 Å². The summed E-state index contributed by atoms with van der Waals surface area (Å²) in [4.78, 5) is 0. The zero-order chi connectivity index (χ0) is 4.12. The number of rotatable bonds is 2. The fourth-order valence-corrected chi connectivity index (χ4v) is 0.204. The van der Waals surface area contributed by atoms with E-state index >= 15 is 0 Å². The number of hydrogen-bond donors (Lipinski definition) is 1. The van der Waals surface area contributed by atoms with E-state index in [2.05, 4.69) is 6.92 Å². The Morgan fingerprint density at radius 1 is 1.00 bits per heavy atom. The van der Waals surface area contributed by atoms with Crippen molar-refractivity contribution in [3.8, 4) is 0 Å². The number of unbranched alkanes of at least 4 members (excludes halogenated alkanes) is 1. The van der Waals surface area contributed by atoms with Gasteiger partial charge in [-0.05, 0) is 13.0 Å². The van der Waals surface area contributed by atoms with Gasteiger partial charge in [-0.25, -0.2) is 0 Å². The van der Waals surface area contributed by atoms with Crippen LogP contribution in [0.3, 0.4) is 0 Å². The van der Waals surface area contributed by atoms with Gasteiger partial charge >= 0.3 is 0 Å². The Balaban J connectivity index is -0.0000000133. The van der Waals surface area contributed by atoms with Crippen LogP contribution in [0, 0.1) is 0 Å². The number of halogens is 4. The second kappa shape index (κ2) is 47.7. The van der Waals surface area contributed by atoms with Crippen LogP contribution in [0.4, 0.5) is 18.8 Å². The van der Waals surface area contributed by atoms with Gasteiger partial charge in [-0.2, -0.15) is 0 Å². The van der Waals surface area contributed by atoms with E-state index in [0.717, 1.165) is 6.54 Å². The maximum Gasteiger partial charge on any atom is -0.00774 e. The maximum atomic E-state index is 5.14. The Hall–Kier alpha value is -0.320. The van der Waals surface area contributed by atoms with Crippen molar-refractivity contribution in [3.05, 3.63) is 0 Å². The van der Waals surface area contributed by atoms with Crippen LogP contribution in [0.1, 0.15) is 19.8 Å². The van der Waals surface area contributed by atoms with Gasteiger partial charge in [-0.15, -0.1) is 0 Å². The summed E-state index contributed by atoms with van der Waals surface area (Å²) in [6.07, 6.45) is 2.39. The van der Waals surface area contributed by atoms with E-state index in [0.29, 0.717) is 0 Å². The van der Waals surface area contributed by atoms with Gasteiger partial charge in [0.2, 0.25) is 0 Å². The van der Waals surface area contributed by atoms with E-state index in [9.17, 15) is 0 Å². The summed E-state index contributed by atoms with van der Waals surface area (Å²) in [5, 5.41) is 0. The van der Waals surface area contributed by atoms with Gasteiger partial charge in [0.25, 0.3) is 0 Å². The molecule has 0 bridgehead atoms. The van der Waals surface area contributed by atoms with Gasteiger partial charge in [-0.1, -0.05) is 13.3 Å². The molecular formula is C4H15F4N. The molecule has 0 aromatic rings. The molecule has 0 heterocycles. The molecule has 0 aliphatic rings. The Kier molecular flexibility index (Phi) is 200. The highest BCUT2D eigenvalue weighted by atomic mass is 19.0. The molecule has 0 aromatic heterocycles. The molecule has 1 nitrogen and oxygen atoms in total. The third-order valence-electron chi connectivity index (χ3n) is 0.558. The summed E-state index contributed by atoms with van der Waals surface area (Å²) in [5.74, 6) is 0. The second-order valence-electron chi connectivity index (χ2n) is 1.14. The normalized spacial score (nSPS) is 4.67. The SMILES string of the molecule is CCCCN.F.F.F.F. The Morgan fingerprint density at radius 3 is 1.33 bits per heavy atom. The third-order valence-corrected chi connectivity index (χ3v) is 0.558. The lowest BCUT2D eigenvalue weighted by atomic mass is 10.3. The molecule has 0 aliphatic carbocycles. The highest BCUT2D eigenvalue weighted by Gasteiger charge is 1.67. The molecule has 0 rings (SSSR count). The topological polar surface area (TPSA) is 26.0 Å². The maximum absolute atomic E-state index is 5.14. The molecule has 0 fully saturated rings. The minimum atomic E-state index is 0. The van der Waals surface area contributed by atoms with Crippen LogP contribution >= 0.6 is 0 Å². The fourth-order valence-electron chi connectivity index (χ4n) is 0.204. The Bertz CT molecular complexity index is 20.0. The predicted molar refractivity (Wildman–Crippen MR) is 34.0 cm³/mol. The van der Waals surface area contributed by atoms with E-state index in [-0.39, 0.29) is 18.8 Å². The first-order chi connectivity index (χ1) is 2.41. The van der Waals surface area contributed by atoms with Crippen molar-refractivity contribution in [2.45, 2.75) is 19.8 Å². The van der Waals surface area contributed by atoms with Crippen molar-refractivity contribution in [1.82, 2.24) is 0 Å². The molecule has 0 aromatic carbocycles. The first kappa shape index (κ1) is 37.8. The molecule has 2 N–H and O–H groups in total. The Morgan fingerprint density at radius 2 is 1.33 bits per heavy atom. The molecular weight excluding hydrogens is 138 g/mol. The first-order valence-electron chi connectivity index (χ1n) is 2.12. The average molecular weight is 153 g/mol. The molecule has 0 atom stereocenters. The van der Waals surface area contributed by atoms with E-state index < -0.39 is 0 Å². The quantitative estimate of drug-likeness (QED) is 0.595. The van der Waals surface area contributed by atoms with Crippen molar-refractivity contribution in [2.75, 3.05) is 6.54 Å². The second-order valence-corrected chi connectivity index (χ2v) is 1.14. The molecule has 64 valence electrons. The van der Waals surface area contributed by atoms with Crippen LogP contribution in [0.25, 0.3) is 0 Å². The molecule has 0 radical (unpaired) electrons. The van der Waals surface area contributed by atoms with Gasteiger partial charge in [0.05, 0.1) is 0 Å². The molecule has 0 amide bonds. The number of nitrogens with two attached hydrogens (primary N) is 1. The minimum Gasteiger partial charge on any atom is -0.330 e. The van der Waals surface area contributed by atoms with Crippen molar-refractivity contribution < 1.29 is 18.8 Å². The van der Waals surface area contributed by atoms with Gasteiger partial charge in [0, 0.05) is 0 Å². The number of hydrogen-bond acceptors (Lipinski definition) is 1. The lowest BCUT2D eigenvalue weighted by molar-refractivity contribution is 0.807. The van der Waals surface area contributed by atoms with Gasteiger partial charge in [0.1, 0.15) is 0 Å². The molecule has 0 aliphatic heterocycles. The van der Waals surface area contributed by atoms with E-state index in [1.807, 2.05) is 0 Å². The summed E-state index contributed by atoms with van der Waals surface area (Å²) in [6.45, 7) is 2.98. The molecule has 0 saturated heterocycles. The van der Waals surface area contributed by atoms with Gasteiger partial charge < -0.3 is 5.73 Å². The van der Waals surface area contributed by atoms with Crippen LogP contribution in [-0.2, 0) is 0 Å². The standard InChI is InChI=1S/C4H11N.4FH/c1-2-3-4-5;;;;/h2-5H2,1H3;4*1H. The minimum absolute atomic E-state index is 0. The van der Waals surface area contributed by atoms with Crippen LogP contribution < -0.4 is 5.73 Å². The molecule has 9 heavy (non-hydrogen) atoms. The summed E-state index contributed by atoms with van der Waals surface area (Å²) >= 11 is 0. The van der Waals surface area contributed by atoms with E-state index in [1.54, 1.807) is 0 Å². The van der Waals surface area contributed by atoms with Crippen molar-refractivity contribution in [1.29, 1.82) is 0 Å². The fraction of sp³-hybridized carbons (Fsp3) is 1.00. The molecule has 5 heteroatoms. The summed E-state index contributed by atoms with van der Waals surface area (Å²) in [5.41, 5.74) is 5.14. The van der Waals surface area contributed by atoms with E-state index in [4.69, 9.17) is 5.73 Å². The molecule has 0 saturated carbocycles. The lowest BCUT2D eigenvalue weighted by Crippen LogP contribution is -1.95. The largest absolute Gasteiger partial charge is 0.330 e. The summed E-state index contributed by atoms with van der Waals surface area (Å²) in [7, 11) is 0. The van der Waals surface area contributed by atoms with Crippen LogP contribution in [0.2, 0.25) is 0 Å². The van der Waals surface area contributed by atoms with Gasteiger partial charge in [-0.3, -0.25) is 18.8 Å². The van der Waals surface area contributed by atoms with Crippen LogP contribution in [0.5, 0.6) is 0 Å². The highest BCUT2D eigenvalue weighted by Crippen LogP contribution is 1.77. The summed E-state index contributed by atoms with van der Waals surface area (Å²) in [6, 6.07) is 0. The van der Waals surface area contributed by atoms with Crippen molar-refractivity contribution in [3.63, 3.8) is 0 Å². The monoisotopic (exact) mass is 153 g/mol. The summed E-state index contributed by atoms with van der Waals surface area (Å²) < 4.78 is 0.